The summed E-state index contributed by atoms with van der Waals surface area (Å²) in [5.41, 5.74) is 1.96. The molecule has 1 N–H and O–H groups in total. The first-order chi connectivity index (χ1) is 15.7. The maximum absolute atomic E-state index is 13.5. The molecule has 0 unspecified atom stereocenters. The van der Waals surface area contributed by atoms with Gasteiger partial charge in [0.25, 0.3) is 5.56 Å². The molecule has 1 aliphatic rings. The average molecular weight is 613 g/mol. The van der Waals surface area contributed by atoms with Crippen molar-refractivity contribution in [2.45, 2.75) is 19.9 Å². The number of carbonyl (C=O) groups excluding carboxylic acids is 1. The molecule has 6 nitrogen and oxygen atoms in total. The number of halogens is 3. The van der Waals surface area contributed by atoms with Gasteiger partial charge in [0.05, 0.1) is 37.4 Å². The molecule has 0 bridgehead atoms. The molecule has 0 radical (unpaired) electrons. The van der Waals surface area contributed by atoms with Crippen molar-refractivity contribution in [1.82, 2.24) is 4.57 Å². The summed E-state index contributed by atoms with van der Waals surface area (Å²) in [6.07, 6.45) is 1.72. The topological polar surface area (TPSA) is 80.9 Å². The summed E-state index contributed by atoms with van der Waals surface area (Å²) in [5.74, 6) is -0.439. The normalized spacial score (nSPS) is 15.9. The van der Waals surface area contributed by atoms with Crippen LogP contribution in [-0.4, -0.2) is 22.2 Å². The molecule has 33 heavy (non-hydrogen) atoms. The van der Waals surface area contributed by atoms with Gasteiger partial charge < -0.3 is 9.84 Å². The fourth-order valence-electron chi connectivity index (χ4n) is 3.57. The number of allylic oxidation sites excluding steroid dienone is 1. The summed E-state index contributed by atoms with van der Waals surface area (Å²) in [4.78, 5) is 31.4. The number of esters is 1. The van der Waals surface area contributed by atoms with Gasteiger partial charge in [-0.05, 0) is 87.2 Å². The van der Waals surface area contributed by atoms with Crippen LogP contribution in [0, 0.1) is 0 Å². The summed E-state index contributed by atoms with van der Waals surface area (Å²) >= 11 is 13.9. The van der Waals surface area contributed by atoms with Crippen LogP contribution in [0.3, 0.4) is 0 Å². The van der Waals surface area contributed by atoms with E-state index in [2.05, 4.69) is 36.9 Å². The monoisotopic (exact) mass is 610 g/mol. The van der Waals surface area contributed by atoms with Gasteiger partial charge in [0.1, 0.15) is 5.75 Å². The van der Waals surface area contributed by atoms with Crippen LogP contribution >= 0.6 is 54.8 Å². The number of ether oxygens (including phenoxy) is 1. The number of phenols is 1. The molecule has 1 aromatic heterocycles. The van der Waals surface area contributed by atoms with Gasteiger partial charge in [-0.1, -0.05) is 35.1 Å². The molecule has 0 amide bonds. The highest BCUT2D eigenvalue weighted by atomic mass is 79.9. The molecule has 0 saturated carbocycles. The van der Waals surface area contributed by atoms with Crippen LogP contribution in [0.5, 0.6) is 5.75 Å². The van der Waals surface area contributed by atoms with E-state index in [0.717, 1.165) is 5.56 Å². The highest BCUT2D eigenvalue weighted by Gasteiger charge is 2.33. The molecule has 2 aromatic carbocycles. The van der Waals surface area contributed by atoms with Crippen molar-refractivity contribution in [3.63, 3.8) is 0 Å². The number of rotatable bonds is 4. The number of fused-ring (bicyclic) bond motifs is 1. The van der Waals surface area contributed by atoms with Crippen molar-refractivity contribution in [3.05, 3.63) is 92.5 Å². The van der Waals surface area contributed by atoms with E-state index in [4.69, 9.17) is 16.3 Å². The van der Waals surface area contributed by atoms with E-state index in [0.29, 0.717) is 40.1 Å². The van der Waals surface area contributed by atoms with Gasteiger partial charge in [-0.15, -0.1) is 0 Å². The highest BCUT2D eigenvalue weighted by Crippen LogP contribution is 2.34. The molecule has 0 saturated heterocycles. The van der Waals surface area contributed by atoms with E-state index in [1.807, 2.05) is 0 Å². The lowest BCUT2D eigenvalue weighted by Crippen LogP contribution is -2.39. The van der Waals surface area contributed by atoms with Gasteiger partial charge in [0, 0.05) is 5.02 Å². The highest BCUT2D eigenvalue weighted by molar-refractivity contribution is 9.11. The van der Waals surface area contributed by atoms with E-state index in [1.165, 1.54) is 15.9 Å². The van der Waals surface area contributed by atoms with E-state index >= 15 is 0 Å². The van der Waals surface area contributed by atoms with E-state index in [1.54, 1.807) is 56.3 Å². The van der Waals surface area contributed by atoms with Crippen molar-refractivity contribution in [2.24, 2.45) is 4.99 Å². The maximum atomic E-state index is 13.5. The minimum atomic E-state index is -0.696. The van der Waals surface area contributed by atoms with Gasteiger partial charge >= 0.3 is 5.97 Å². The fraction of sp³-hybridized carbons (Fsp3) is 0.174. The molecule has 2 heterocycles. The molecule has 0 aliphatic carbocycles. The minimum Gasteiger partial charge on any atom is -0.506 e. The largest absolute Gasteiger partial charge is 0.506 e. The zero-order chi connectivity index (χ0) is 23.9. The van der Waals surface area contributed by atoms with Gasteiger partial charge in [0.15, 0.2) is 4.80 Å². The second-order valence-electron chi connectivity index (χ2n) is 7.19. The van der Waals surface area contributed by atoms with Gasteiger partial charge in [-0.3, -0.25) is 9.36 Å². The third kappa shape index (κ3) is 4.59. The van der Waals surface area contributed by atoms with Crippen LogP contribution in [-0.2, 0) is 9.53 Å². The first-order valence-corrected chi connectivity index (χ1v) is 12.6. The number of aromatic nitrogens is 1. The molecule has 1 atom stereocenters. The molecule has 0 fully saturated rings. The van der Waals surface area contributed by atoms with E-state index in [9.17, 15) is 14.7 Å². The second kappa shape index (κ2) is 9.58. The molecule has 10 heteroatoms. The first-order valence-electron chi connectivity index (χ1n) is 9.84. The Labute approximate surface area is 214 Å². The fourth-order valence-corrected chi connectivity index (χ4v) is 5.97. The van der Waals surface area contributed by atoms with Crippen molar-refractivity contribution in [1.29, 1.82) is 0 Å². The van der Waals surface area contributed by atoms with E-state index < -0.39 is 12.0 Å². The lowest BCUT2D eigenvalue weighted by molar-refractivity contribution is -0.139. The number of hydrogen-bond donors (Lipinski definition) is 1. The second-order valence-corrected chi connectivity index (χ2v) is 10.3. The standard InChI is InChI=1S/C23H17Br2ClN2O4S/c1-3-32-22(31)18-11(2)27-23-28(19(18)13-4-6-14(26)7-5-13)21(30)17(33-23)10-12-8-15(24)20(29)16(25)9-12/h4-10,19,29H,3H2,1-2H3/t19-/m1/s1. The summed E-state index contributed by atoms with van der Waals surface area (Å²) in [6.45, 7) is 3.67. The molecule has 3 aromatic rings. The predicted molar refractivity (Wildman–Crippen MR) is 135 cm³/mol. The van der Waals surface area contributed by atoms with Crippen molar-refractivity contribution in [3.8, 4) is 5.75 Å². The summed E-state index contributed by atoms with van der Waals surface area (Å²) < 4.78 is 8.23. The molecule has 170 valence electrons. The number of carbonyl (C=O) groups is 1. The van der Waals surface area contributed by atoms with Gasteiger partial charge in [0.2, 0.25) is 0 Å². The third-order valence-electron chi connectivity index (χ3n) is 5.04. The number of benzene rings is 2. The smallest absolute Gasteiger partial charge is 0.338 e. The predicted octanol–water partition coefficient (Wildman–Crippen LogP) is 4.68. The van der Waals surface area contributed by atoms with Crippen molar-refractivity contribution < 1.29 is 14.6 Å². The average Bonchev–Trinajstić information content (AvgIpc) is 3.06. The Balaban J connectivity index is 1.96. The molecular weight excluding hydrogens is 596 g/mol. The minimum absolute atomic E-state index is 0.0750. The van der Waals surface area contributed by atoms with Crippen molar-refractivity contribution >= 4 is 66.8 Å². The molecule has 4 rings (SSSR count). The van der Waals surface area contributed by atoms with Gasteiger partial charge in [-0.25, -0.2) is 9.79 Å². The lowest BCUT2D eigenvalue weighted by Gasteiger charge is -2.24. The zero-order valence-electron chi connectivity index (χ0n) is 17.4. The number of thiazole rings is 1. The number of nitrogens with zero attached hydrogens (tertiary/aromatic N) is 2. The Morgan fingerprint density at radius 2 is 1.91 bits per heavy atom. The lowest BCUT2D eigenvalue weighted by atomic mass is 9.96. The van der Waals surface area contributed by atoms with Crippen LogP contribution < -0.4 is 14.9 Å². The molecule has 0 spiro atoms. The Morgan fingerprint density at radius 3 is 2.52 bits per heavy atom. The Kier molecular flexibility index (Phi) is 6.95. The Hall–Kier alpha value is -2.20. The summed E-state index contributed by atoms with van der Waals surface area (Å²) in [6, 6.07) is 9.74. The Morgan fingerprint density at radius 1 is 1.27 bits per heavy atom. The van der Waals surface area contributed by atoms with Crippen molar-refractivity contribution in [2.75, 3.05) is 6.61 Å². The summed E-state index contributed by atoms with van der Waals surface area (Å²) in [5, 5.41) is 10.5. The number of aromatic hydroxyl groups is 1. The summed E-state index contributed by atoms with van der Waals surface area (Å²) in [7, 11) is 0. The van der Waals surface area contributed by atoms with Crippen LogP contribution in [0.15, 0.2) is 66.4 Å². The van der Waals surface area contributed by atoms with Crippen LogP contribution in [0.25, 0.3) is 6.08 Å². The third-order valence-corrected chi connectivity index (χ3v) is 7.48. The number of phenolic OH excluding ortho intramolecular Hbond substituents is 1. The molecular formula is C23H17Br2ClN2O4S. The van der Waals surface area contributed by atoms with Crippen LogP contribution in [0.4, 0.5) is 0 Å². The maximum Gasteiger partial charge on any atom is 0.338 e. The SMILES string of the molecule is CCOC(=O)C1=C(C)N=c2sc(=Cc3cc(Br)c(O)c(Br)c3)c(=O)n2[C@@H]1c1ccc(Cl)cc1. The van der Waals surface area contributed by atoms with Crippen LogP contribution in [0.2, 0.25) is 5.02 Å². The number of hydrogen-bond acceptors (Lipinski definition) is 6. The molecule has 1 aliphatic heterocycles. The first kappa shape index (κ1) is 23.9. The quantitative estimate of drug-likeness (QED) is 0.434. The van der Waals surface area contributed by atoms with Gasteiger partial charge in [-0.2, -0.15) is 0 Å². The van der Waals surface area contributed by atoms with Crippen LogP contribution in [0.1, 0.15) is 31.0 Å². The Bertz CT molecular complexity index is 1450. The zero-order valence-corrected chi connectivity index (χ0v) is 22.2. The van der Waals surface area contributed by atoms with E-state index in [-0.39, 0.29) is 17.9 Å².